The fourth-order valence-corrected chi connectivity index (χ4v) is 2.62. The van der Waals surface area contributed by atoms with Crippen LogP contribution >= 0.6 is 12.4 Å². The molecule has 1 aromatic heterocycles. The van der Waals surface area contributed by atoms with Gasteiger partial charge in [0.05, 0.1) is 0 Å². The second-order valence-electron chi connectivity index (χ2n) is 4.98. The van der Waals surface area contributed by atoms with Gasteiger partial charge in [-0.05, 0) is 44.3 Å². The van der Waals surface area contributed by atoms with Crippen molar-refractivity contribution >= 4 is 29.0 Å². The van der Waals surface area contributed by atoms with E-state index in [2.05, 4.69) is 52.9 Å². The molecule has 4 heteroatoms. The van der Waals surface area contributed by atoms with Crippen LogP contribution in [0.25, 0.3) is 10.8 Å². The van der Waals surface area contributed by atoms with E-state index in [1.54, 1.807) is 0 Å². The number of halogens is 1. The van der Waals surface area contributed by atoms with Crippen LogP contribution in [0.3, 0.4) is 0 Å². The Bertz CT molecular complexity index is 550. The lowest BCUT2D eigenvalue weighted by molar-refractivity contribution is 0.478. The van der Waals surface area contributed by atoms with Gasteiger partial charge in [0.25, 0.3) is 0 Å². The summed E-state index contributed by atoms with van der Waals surface area (Å²) >= 11 is 0. The second-order valence-corrected chi connectivity index (χ2v) is 4.98. The molecule has 3 nitrogen and oxygen atoms in total. The van der Waals surface area contributed by atoms with Gasteiger partial charge in [0.2, 0.25) is 0 Å². The lowest BCUT2D eigenvalue weighted by Gasteiger charge is -2.24. The molecule has 0 spiro atoms. The van der Waals surface area contributed by atoms with Crippen molar-refractivity contribution < 1.29 is 0 Å². The highest BCUT2D eigenvalue weighted by Crippen LogP contribution is 2.21. The fourth-order valence-electron chi connectivity index (χ4n) is 2.62. The van der Waals surface area contributed by atoms with E-state index in [1.807, 2.05) is 0 Å². The molecule has 1 saturated heterocycles. The summed E-state index contributed by atoms with van der Waals surface area (Å²) < 4.78 is 0. The molecule has 2 heterocycles. The molecule has 3 rings (SSSR count). The first kappa shape index (κ1) is 14.1. The highest BCUT2D eigenvalue weighted by atomic mass is 35.5. The molecule has 0 atom stereocenters. The van der Waals surface area contributed by atoms with Crippen molar-refractivity contribution in [1.29, 1.82) is 0 Å². The number of hydrogen-bond acceptors (Lipinski definition) is 3. The zero-order chi connectivity index (χ0) is 12.4. The van der Waals surface area contributed by atoms with Gasteiger partial charge in [-0.15, -0.1) is 12.4 Å². The molecule has 19 heavy (non-hydrogen) atoms. The Morgan fingerprint density at radius 3 is 2.74 bits per heavy atom. The van der Waals surface area contributed by atoms with E-state index in [-0.39, 0.29) is 12.4 Å². The molecule has 1 aliphatic rings. The average molecular weight is 278 g/mol. The highest BCUT2D eigenvalue weighted by molar-refractivity contribution is 5.86. The van der Waals surface area contributed by atoms with E-state index in [0.29, 0.717) is 6.04 Å². The number of anilines is 1. The van der Waals surface area contributed by atoms with Crippen molar-refractivity contribution in [3.8, 4) is 0 Å². The van der Waals surface area contributed by atoms with E-state index in [4.69, 9.17) is 0 Å². The van der Waals surface area contributed by atoms with E-state index in [1.165, 1.54) is 23.6 Å². The molecule has 2 aromatic rings. The smallest absolute Gasteiger partial charge is 0.127 e. The fraction of sp³-hybridized carbons (Fsp3) is 0.400. The Morgan fingerprint density at radius 1 is 1.21 bits per heavy atom. The summed E-state index contributed by atoms with van der Waals surface area (Å²) in [6.07, 6.45) is 2.35. The van der Waals surface area contributed by atoms with E-state index in [9.17, 15) is 0 Å². The van der Waals surface area contributed by atoms with Gasteiger partial charge >= 0.3 is 0 Å². The third-order valence-corrected chi connectivity index (χ3v) is 3.62. The molecule has 0 bridgehead atoms. The van der Waals surface area contributed by atoms with Gasteiger partial charge in [-0.2, -0.15) is 0 Å². The van der Waals surface area contributed by atoms with Crippen molar-refractivity contribution in [1.82, 2.24) is 10.3 Å². The van der Waals surface area contributed by atoms with Gasteiger partial charge in [-0.25, -0.2) is 4.98 Å². The van der Waals surface area contributed by atoms with Crippen LogP contribution in [0.2, 0.25) is 0 Å². The summed E-state index contributed by atoms with van der Waals surface area (Å²) in [5.74, 6) is 1.01. The number of pyridine rings is 1. The maximum absolute atomic E-state index is 4.66. The molecule has 2 N–H and O–H groups in total. The zero-order valence-corrected chi connectivity index (χ0v) is 12.0. The third-order valence-electron chi connectivity index (χ3n) is 3.62. The van der Waals surface area contributed by atoms with Gasteiger partial charge in [0.1, 0.15) is 5.82 Å². The molecule has 1 aliphatic heterocycles. The standard InChI is InChI=1S/C15H19N3.ClH/c1-11-14-5-3-2-4-12(14)10-15(17-11)18-13-6-8-16-9-7-13;/h2-5,10,13,16H,6-9H2,1H3,(H,17,18);1H. The first-order valence-corrected chi connectivity index (χ1v) is 6.66. The van der Waals surface area contributed by atoms with E-state index >= 15 is 0 Å². The number of aryl methyl sites for hydroxylation is 1. The summed E-state index contributed by atoms with van der Waals surface area (Å²) in [6, 6.07) is 11.1. The summed E-state index contributed by atoms with van der Waals surface area (Å²) in [5, 5.41) is 9.45. The number of hydrogen-bond donors (Lipinski definition) is 2. The molecule has 1 fully saturated rings. The topological polar surface area (TPSA) is 37.0 Å². The van der Waals surface area contributed by atoms with Crippen LogP contribution in [-0.4, -0.2) is 24.1 Å². The largest absolute Gasteiger partial charge is 0.367 e. The number of nitrogens with one attached hydrogen (secondary N) is 2. The predicted octanol–water partition coefficient (Wildman–Crippen LogP) is 3.13. The van der Waals surface area contributed by atoms with E-state index < -0.39 is 0 Å². The van der Waals surface area contributed by atoms with Gasteiger partial charge in [0, 0.05) is 17.1 Å². The van der Waals surface area contributed by atoms with Crippen LogP contribution in [0.1, 0.15) is 18.5 Å². The number of benzene rings is 1. The maximum Gasteiger partial charge on any atom is 0.127 e. The lowest BCUT2D eigenvalue weighted by Crippen LogP contribution is -2.35. The Morgan fingerprint density at radius 2 is 1.95 bits per heavy atom. The minimum atomic E-state index is 0. The van der Waals surface area contributed by atoms with Crippen LogP contribution in [0, 0.1) is 6.92 Å². The molecule has 0 unspecified atom stereocenters. The Labute approximate surface area is 120 Å². The van der Waals surface area contributed by atoms with Gasteiger partial charge in [-0.1, -0.05) is 24.3 Å². The number of piperidine rings is 1. The first-order chi connectivity index (χ1) is 8.83. The van der Waals surface area contributed by atoms with Crippen LogP contribution in [0.5, 0.6) is 0 Å². The van der Waals surface area contributed by atoms with Gasteiger partial charge in [0.15, 0.2) is 0 Å². The number of rotatable bonds is 2. The van der Waals surface area contributed by atoms with Crippen molar-refractivity contribution in [2.24, 2.45) is 0 Å². The summed E-state index contributed by atoms with van der Waals surface area (Å²) in [7, 11) is 0. The molecule has 0 amide bonds. The van der Waals surface area contributed by atoms with Crippen LogP contribution in [-0.2, 0) is 0 Å². The monoisotopic (exact) mass is 277 g/mol. The molecule has 0 radical (unpaired) electrons. The lowest BCUT2D eigenvalue weighted by atomic mass is 10.1. The summed E-state index contributed by atoms with van der Waals surface area (Å²) in [6.45, 7) is 4.28. The maximum atomic E-state index is 4.66. The molecule has 0 saturated carbocycles. The minimum absolute atomic E-state index is 0. The number of fused-ring (bicyclic) bond motifs is 1. The molecule has 1 aromatic carbocycles. The van der Waals surface area contributed by atoms with Crippen molar-refractivity contribution in [3.05, 3.63) is 36.0 Å². The Balaban J connectivity index is 0.00000133. The van der Waals surface area contributed by atoms with Crippen LogP contribution < -0.4 is 10.6 Å². The van der Waals surface area contributed by atoms with Crippen LogP contribution in [0.15, 0.2) is 30.3 Å². The molecule has 102 valence electrons. The summed E-state index contributed by atoms with van der Waals surface area (Å²) in [5.41, 5.74) is 1.10. The number of aromatic nitrogens is 1. The first-order valence-electron chi connectivity index (χ1n) is 6.66. The SMILES string of the molecule is Cc1nc(NC2CCNCC2)cc2ccccc12.Cl. The van der Waals surface area contributed by atoms with Gasteiger partial charge < -0.3 is 10.6 Å². The van der Waals surface area contributed by atoms with E-state index in [0.717, 1.165) is 24.6 Å². The van der Waals surface area contributed by atoms with Gasteiger partial charge in [-0.3, -0.25) is 0 Å². The van der Waals surface area contributed by atoms with Crippen LogP contribution in [0.4, 0.5) is 5.82 Å². The van der Waals surface area contributed by atoms with Crippen molar-refractivity contribution in [2.75, 3.05) is 18.4 Å². The van der Waals surface area contributed by atoms with Crippen molar-refractivity contribution in [3.63, 3.8) is 0 Å². The zero-order valence-electron chi connectivity index (χ0n) is 11.1. The molecule has 0 aliphatic carbocycles. The third kappa shape index (κ3) is 3.17. The summed E-state index contributed by atoms with van der Waals surface area (Å²) in [4.78, 5) is 4.66. The predicted molar refractivity (Wildman–Crippen MR) is 83.2 cm³/mol. The average Bonchev–Trinajstić information content (AvgIpc) is 2.40. The highest BCUT2D eigenvalue weighted by Gasteiger charge is 2.13. The number of nitrogens with zero attached hydrogens (tertiary/aromatic N) is 1. The molecular formula is C15H20ClN3. The van der Waals surface area contributed by atoms with Crippen molar-refractivity contribution in [2.45, 2.75) is 25.8 Å². The quantitative estimate of drug-likeness (QED) is 0.886. The Hall–Kier alpha value is -1.32. The Kier molecular flexibility index (Phi) is 4.61. The minimum Gasteiger partial charge on any atom is -0.367 e. The normalized spacial score (nSPS) is 16.1. The second kappa shape index (κ2) is 6.22. The molecular weight excluding hydrogens is 258 g/mol.